The summed E-state index contributed by atoms with van der Waals surface area (Å²) in [5, 5.41) is 11.8. The first-order valence-corrected chi connectivity index (χ1v) is 21.8. The number of benzene rings is 11. The molecule has 63 heavy (non-hydrogen) atoms. The Morgan fingerprint density at radius 3 is 1.38 bits per heavy atom. The first kappa shape index (κ1) is 33.5. The van der Waals surface area contributed by atoms with Crippen molar-refractivity contribution in [3.05, 3.63) is 229 Å². The average Bonchev–Trinajstić information content (AvgIpc) is 4.06. The lowest BCUT2D eigenvalue weighted by Crippen LogP contribution is -2.26. The van der Waals surface area contributed by atoms with Gasteiger partial charge in [-0.2, -0.15) is 0 Å². The SMILES string of the molecule is c1ccc2c(c1)-c1ccccc1C21c2cc(-c3ccc4oc5cc6ccccc6cc5c4c3)ccc2-c2c(-c3ccc4oc5cc6ccccc6cc5c4c3)cc3ccccc3c21. The van der Waals surface area contributed by atoms with Crippen LogP contribution in [0.4, 0.5) is 0 Å². The minimum Gasteiger partial charge on any atom is -0.456 e. The van der Waals surface area contributed by atoms with Crippen molar-refractivity contribution in [3.63, 3.8) is 0 Å². The molecule has 290 valence electrons. The Morgan fingerprint density at radius 2 is 0.746 bits per heavy atom. The van der Waals surface area contributed by atoms with Gasteiger partial charge >= 0.3 is 0 Å². The molecular weight excluding hydrogens is 765 g/mol. The predicted molar refractivity (Wildman–Crippen MR) is 261 cm³/mol. The molecule has 0 bridgehead atoms. The Bertz CT molecular complexity index is 4110. The summed E-state index contributed by atoms with van der Waals surface area (Å²) < 4.78 is 13.0. The van der Waals surface area contributed by atoms with Gasteiger partial charge in [0.05, 0.1) is 5.41 Å². The Labute approximate surface area is 361 Å². The smallest absolute Gasteiger partial charge is 0.136 e. The van der Waals surface area contributed by atoms with Crippen molar-refractivity contribution in [1.29, 1.82) is 0 Å². The minimum atomic E-state index is -0.555. The average molecular weight is 799 g/mol. The molecule has 2 heteroatoms. The standard InChI is InChI=1S/C61H34O2/c1-3-13-37-33-57-50(27-35(37)11-1)48-29-39(22-25-55(48)62-57)40-21-24-46-54(32-40)61(52-19-9-7-17-44(52)45-18-8-10-20-53(45)61)60-43-16-6-5-15-41(43)30-47(59(46)60)42-23-26-56-49(31-42)51-28-36-12-2-4-14-38(36)34-58(51)63-56/h1-34H. The molecule has 0 radical (unpaired) electrons. The van der Waals surface area contributed by atoms with E-state index >= 15 is 0 Å². The molecule has 13 aromatic rings. The molecular formula is C61H34O2. The lowest BCUT2D eigenvalue weighted by Gasteiger charge is -2.32. The second-order valence-corrected chi connectivity index (χ2v) is 17.5. The number of fused-ring (bicyclic) bond motifs is 20. The normalized spacial score (nSPS) is 13.5. The zero-order valence-electron chi connectivity index (χ0n) is 33.9. The van der Waals surface area contributed by atoms with E-state index in [2.05, 4.69) is 206 Å². The second-order valence-electron chi connectivity index (χ2n) is 17.5. The maximum absolute atomic E-state index is 6.54. The zero-order chi connectivity index (χ0) is 41.0. The van der Waals surface area contributed by atoms with E-state index in [0.717, 1.165) is 43.9 Å². The molecule has 2 nitrogen and oxygen atoms in total. The highest BCUT2D eigenvalue weighted by Crippen LogP contribution is 2.66. The largest absolute Gasteiger partial charge is 0.456 e. The Balaban J connectivity index is 1.03. The van der Waals surface area contributed by atoms with E-state index in [1.54, 1.807) is 0 Å². The monoisotopic (exact) mass is 798 g/mol. The summed E-state index contributed by atoms with van der Waals surface area (Å²) in [7, 11) is 0. The van der Waals surface area contributed by atoms with E-state index in [9.17, 15) is 0 Å². The van der Waals surface area contributed by atoms with Crippen LogP contribution in [0.2, 0.25) is 0 Å². The number of rotatable bonds is 2. The van der Waals surface area contributed by atoms with Crippen LogP contribution in [-0.2, 0) is 5.41 Å². The Kier molecular flexibility index (Phi) is 6.38. The van der Waals surface area contributed by atoms with Gasteiger partial charge in [-0.25, -0.2) is 0 Å². The van der Waals surface area contributed by atoms with Crippen molar-refractivity contribution in [2.45, 2.75) is 5.41 Å². The third-order valence-corrected chi connectivity index (χ3v) is 14.4. The minimum absolute atomic E-state index is 0.555. The van der Waals surface area contributed by atoms with Crippen LogP contribution in [0.3, 0.4) is 0 Å². The van der Waals surface area contributed by atoms with Crippen molar-refractivity contribution >= 4 is 76.2 Å². The van der Waals surface area contributed by atoms with Crippen LogP contribution in [0, 0.1) is 0 Å². The molecule has 2 heterocycles. The third-order valence-electron chi connectivity index (χ3n) is 14.4. The molecule has 0 saturated carbocycles. The van der Waals surface area contributed by atoms with Crippen molar-refractivity contribution in [1.82, 2.24) is 0 Å². The van der Waals surface area contributed by atoms with Gasteiger partial charge in [0.15, 0.2) is 0 Å². The summed E-state index contributed by atoms with van der Waals surface area (Å²) in [6.45, 7) is 0. The number of furan rings is 2. The highest BCUT2D eigenvalue weighted by atomic mass is 16.3. The van der Waals surface area contributed by atoms with E-state index in [-0.39, 0.29) is 0 Å². The van der Waals surface area contributed by atoms with Crippen LogP contribution in [0.15, 0.2) is 215 Å². The number of hydrogen-bond acceptors (Lipinski definition) is 2. The summed E-state index contributed by atoms with van der Waals surface area (Å²) in [5.41, 5.74) is 18.3. The van der Waals surface area contributed by atoms with Gasteiger partial charge in [0, 0.05) is 21.5 Å². The van der Waals surface area contributed by atoms with Crippen LogP contribution in [0.25, 0.3) is 121 Å². The zero-order valence-corrected chi connectivity index (χ0v) is 33.9. The van der Waals surface area contributed by atoms with Gasteiger partial charge in [0.1, 0.15) is 22.3 Å². The Hall–Kier alpha value is -8.20. The van der Waals surface area contributed by atoms with Gasteiger partial charge in [-0.15, -0.1) is 0 Å². The molecule has 2 aromatic heterocycles. The fraction of sp³-hybridized carbons (Fsp3) is 0.0164. The first-order valence-electron chi connectivity index (χ1n) is 21.8. The van der Waals surface area contributed by atoms with Gasteiger partial charge in [-0.1, -0.05) is 146 Å². The summed E-state index contributed by atoms with van der Waals surface area (Å²) in [4.78, 5) is 0. The molecule has 0 atom stereocenters. The maximum atomic E-state index is 6.54. The first-order chi connectivity index (χ1) is 31.2. The van der Waals surface area contributed by atoms with E-state index < -0.39 is 5.41 Å². The molecule has 0 saturated heterocycles. The third kappa shape index (κ3) is 4.37. The lowest BCUT2D eigenvalue weighted by molar-refractivity contribution is 0.669. The fourth-order valence-corrected chi connectivity index (χ4v) is 11.7. The summed E-state index contributed by atoms with van der Waals surface area (Å²) >= 11 is 0. The second kappa shape index (κ2) is 12.0. The summed E-state index contributed by atoms with van der Waals surface area (Å²) in [5.74, 6) is 0. The quantitative estimate of drug-likeness (QED) is 0.174. The number of hydrogen-bond donors (Lipinski definition) is 0. The highest BCUT2D eigenvalue weighted by Gasteiger charge is 2.53. The molecule has 0 aliphatic heterocycles. The highest BCUT2D eigenvalue weighted by molar-refractivity contribution is 6.14. The van der Waals surface area contributed by atoms with Crippen LogP contribution in [-0.4, -0.2) is 0 Å². The van der Waals surface area contributed by atoms with Gasteiger partial charge < -0.3 is 8.83 Å². The topological polar surface area (TPSA) is 26.3 Å². The summed E-state index contributed by atoms with van der Waals surface area (Å²) in [6.07, 6.45) is 0. The molecule has 11 aromatic carbocycles. The Morgan fingerprint density at radius 1 is 0.270 bits per heavy atom. The van der Waals surface area contributed by atoms with Gasteiger partial charge in [0.25, 0.3) is 0 Å². The molecule has 0 amide bonds. The van der Waals surface area contributed by atoms with Crippen LogP contribution < -0.4 is 0 Å². The predicted octanol–water partition coefficient (Wildman–Crippen LogP) is 16.6. The molecule has 0 unspecified atom stereocenters. The van der Waals surface area contributed by atoms with Crippen molar-refractivity contribution < 1.29 is 8.83 Å². The lowest BCUT2D eigenvalue weighted by atomic mass is 9.69. The molecule has 0 fully saturated rings. The van der Waals surface area contributed by atoms with Crippen LogP contribution in [0.1, 0.15) is 22.3 Å². The summed E-state index contributed by atoms with van der Waals surface area (Å²) in [6, 6.07) is 76.4. The molecule has 1 spiro atoms. The van der Waals surface area contributed by atoms with Gasteiger partial charge in [-0.3, -0.25) is 0 Å². The van der Waals surface area contributed by atoms with Crippen LogP contribution in [0.5, 0.6) is 0 Å². The van der Waals surface area contributed by atoms with Crippen molar-refractivity contribution in [3.8, 4) is 44.5 Å². The van der Waals surface area contributed by atoms with Gasteiger partial charge in [-0.05, 0) is 160 Å². The molecule has 2 aliphatic carbocycles. The van der Waals surface area contributed by atoms with E-state index in [0.29, 0.717) is 0 Å². The van der Waals surface area contributed by atoms with E-state index in [4.69, 9.17) is 8.83 Å². The van der Waals surface area contributed by atoms with Crippen molar-refractivity contribution in [2.75, 3.05) is 0 Å². The molecule has 0 N–H and O–H groups in total. The van der Waals surface area contributed by atoms with Gasteiger partial charge in [0.2, 0.25) is 0 Å². The molecule has 2 aliphatic rings. The fourth-order valence-electron chi connectivity index (χ4n) is 11.7. The van der Waals surface area contributed by atoms with E-state index in [1.807, 2.05) is 0 Å². The van der Waals surface area contributed by atoms with Crippen LogP contribution >= 0.6 is 0 Å². The van der Waals surface area contributed by atoms with E-state index in [1.165, 1.54) is 99.1 Å². The molecule has 15 rings (SSSR count). The maximum Gasteiger partial charge on any atom is 0.136 e. The van der Waals surface area contributed by atoms with Crippen molar-refractivity contribution in [2.24, 2.45) is 0 Å².